The lowest BCUT2D eigenvalue weighted by atomic mass is 9.99. The SMILES string of the molecule is O=C(NC(C(=O)O)c1cccc(Oc2ccccc2)c1)C(CS)CCc1ccccc1. The summed E-state index contributed by atoms with van der Waals surface area (Å²) in [4.78, 5) is 24.7. The Morgan fingerprint density at radius 1 is 0.903 bits per heavy atom. The number of rotatable bonds is 10. The molecule has 2 N–H and O–H groups in total. The van der Waals surface area contributed by atoms with Gasteiger partial charge in [-0.05, 0) is 48.2 Å². The summed E-state index contributed by atoms with van der Waals surface area (Å²) in [5.74, 6) is -0.374. The predicted octanol–water partition coefficient (Wildman–Crippen LogP) is 4.90. The average molecular weight is 436 g/mol. The first-order chi connectivity index (χ1) is 15.1. The summed E-state index contributed by atoms with van der Waals surface area (Å²) in [7, 11) is 0. The number of carboxylic acid groups (broad SMARTS) is 1. The van der Waals surface area contributed by atoms with Gasteiger partial charge in [0.05, 0.1) is 0 Å². The molecule has 5 nitrogen and oxygen atoms in total. The van der Waals surface area contributed by atoms with Gasteiger partial charge in [-0.15, -0.1) is 0 Å². The highest BCUT2D eigenvalue weighted by atomic mass is 32.1. The highest BCUT2D eigenvalue weighted by molar-refractivity contribution is 7.80. The van der Waals surface area contributed by atoms with Gasteiger partial charge in [0.2, 0.25) is 5.91 Å². The van der Waals surface area contributed by atoms with Crippen molar-refractivity contribution in [2.45, 2.75) is 18.9 Å². The Kier molecular flexibility index (Phi) is 8.12. The number of hydrogen-bond donors (Lipinski definition) is 3. The quantitative estimate of drug-likeness (QED) is 0.396. The van der Waals surface area contributed by atoms with Crippen LogP contribution in [0.4, 0.5) is 0 Å². The monoisotopic (exact) mass is 435 g/mol. The molecule has 0 saturated heterocycles. The third-order valence-electron chi connectivity index (χ3n) is 4.92. The fourth-order valence-corrected chi connectivity index (χ4v) is 3.57. The third-order valence-corrected chi connectivity index (χ3v) is 5.36. The van der Waals surface area contributed by atoms with Gasteiger partial charge in [-0.1, -0.05) is 60.7 Å². The molecule has 0 aliphatic rings. The van der Waals surface area contributed by atoms with E-state index >= 15 is 0 Å². The van der Waals surface area contributed by atoms with E-state index < -0.39 is 17.9 Å². The zero-order valence-corrected chi connectivity index (χ0v) is 17.9. The second kappa shape index (κ2) is 11.2. The Bertz CT molecular complexity index is 995. The summed E-state index contributed by atoms with van der Waals surface area (Å²) in [5.41, 5.74) is 1.57. The van der Waals surface area contributed by atoms with Crippen molar-refractivity contribution >= 4 is 24.5 Å². The van der Waals surface area contributed by atoms with Gasteiger partial charge in [0, 0.05) is 11.7 Å². The van der Waals surface area contributed by atoms with Crippen molar-refractivity contribution in [3.63, 3.8) is 0 Å². The standard InChI is InChI=1S/C25H25NO4S/c27-24(20(17-31)15-14-18-8-3-1-4-9-18)26-23(25(28)29)19-10-7-13-22(16-19)30-21-11-5-2-6-12-21/h1-13,16,20,23,31H,14-15,17H2,(H,26,27)(H,28,29). The summed E-state index contributed by atoms with van der Waals surface area (Å²) in [6.45, 7) is 0. The molecule has 0 bridgehead atoms. The van der Waals surface area contributed by atoms with Crippen LogP contribution in [0.25, 0.3) is 0 Å². The van der Waals surface area contributed by atoms with Crippen LogP contribution in [0.2, 0.25) is 0 Å². The number of carboxylic acids is 1. The van der Waals surface area contributed by atoms with E-state index in [1.54, 1.807) is 24.3 Å². The number of hydrogen-bond acceptors (Lipinski definition) is 4. The molecule has 3 aromatic rings. The van der Waals surface area contributed by atoms with Crippen molar-refractivity contribution < 1.29 is 19.4 Å². The van der Waals surface area contributed by atoms with Crippen LogP contribution in [0, 0.1) is 5.92 Å². The number of nitrogens with one attached hydrogen (secondary N) is 1. The highest BCUT2D eigenvalue weighted by Crippen LogP contribution is 2.25. The van der Waals surface area contributed by atoms with E-state index in [0.717, 1.165) is 12.0 Å². The maximum Gasteiger partial charge on any atom is 0.330 e. The molecular formula is C25H25NO4S. The van der Waals surface area contributed by atoms with Crippen LogP contribution in [-0.2, 0) is 16.0 Å². The minimum Gasteiger partial charge on any atom is -0.479 e. The minimum absolute atomic E-state index is 0.326. The molecule has 0 fully saturated rings. The summed E-state index contributed by atoms with van der Waals surface area (Å²) in [5, 5.41) is 12.4. The fourth-order valence-electron chi connectivity index (χ4n) is 3.22. The molecule has 0 radical (unpaired) electrons. The number of aliphatic carboxylic acids is 1. The third kappa shape index (κ3) is 6.62. The molecule has 31 heavy (non-hydrogen) atoms. The van der Waals surface area contributed by atoms with E-state index in [2.05, 4.69) is 17.9 Å². The molecule has 6 heteroatoms. The van der Waals surface area contributed by atoms with Crippen molar-refractivity contribution in [2.24, 2.45) is 5.92 Å². The zero-order chi connectivity index (χ0) is 22.1. The Morgan fingerprint density at radius 3 is 2.19 bits per heavy atom. The molecule has 2 unspecified atom stereocenters. The molecular weight excluding hydrogens is 410 g/mol. The van der Waals surface area contributed by atoms with Gasteiger partial charge in [-0.25, -0.2) is 4.79 Å². The first-order valence-electron chi connectivity index (χ1n) is 10.1. The average Bonchev–Trinajstić information content (AvgIpc) is 2.79. The topological polar surface area (TPSA) is 75.6 Å². The van der Waals surface area contributed by atoms with Crippen molar-refractivity contribution in [1.82, 2.24) is 5.32 Å². The lowest BCUT2D eigenvalue weighted by molar-refractivity contribution is -0.142. The lowest BCUT2D eigenvalue weighted by Gasteiger charge is -2.20. The van der Waals surface area contributed by atoms with Gasteiger partial charge >= 0.3 is 5.97 Å². The minimum atomic E-state index is -1.18. The molecule has 0 aliphatic heterocycles. The van der Waals surface area contributed by atoms with Gasteiger partial charge < -0.3 is 15.2 Å². The molecule has 0 spiro atoms. The number of amides is 1. The molecule has 3 aromatic carbocycles. The molecule has 0 saturated carbocycles. The van der Waals surface area contributed by atoms with Gasteiger partial charge in [-0.3, -0.25) is 4.79 Å². The summed E-state index contributed by atoms with van der Waals surface area (Å²) in [6, 6.07) is 24.7. The van der Waals surface area contributed by atoms with Crippen LogP contribution in [0.1, 0.15) is 23.6 Å². The summed E-state index contributed by atoms with van der Waals surface area (Å²) in [6.07, 6.45) is 1.31. The largest absolute Gasteiger partial charge is 0.479 e. The van der Waals surface area contributed by atoms with Crippen LogP contribution < -0.4 is 10.1 Å². The molecule has 2 atom stereocenters. The van der Waals surface area contributed by atoms with Crippen LogP contribution in [0.5, 0.6) is 11.5 Å². The van der Waals surface area contributed by atoms with Crippen molar-refractivity contribution in [3.8, 4) is 11.5 Å². The van der Waals surface area contributed by atoms with Crippen molar-refractivity contribution in [1.29, 1.82) is 0 Å². The van der Waals surface area contributed by atoms with Gasteiger partial charge in [0.25, 0.3) is 0 Å². The number of aryl methyl sites for hydroxylation is 1. The van der Waals surface area contributed by atoms with Crippen LogP contribution >= 0.6 is 12.6 Å². The van der Waals surface area contributed by atoms with E-state index in [4.69, 9.17) is 4.74 Å². The Morgan fingerprint density at radius 2 is 1.55 bits per heavy atom. The zero-order valence-electron chi connectivity index (χ0n) is 17.0. The molecule has 3 rings (SSSR count). The molecule has 160 valence electrons. The first kappa shape index (κ1) is 22.4. The summed E-state index contributed by atoms with van der Waals surface area (Å²) < 4.78 is 5.79. The molecule has 1 amide bonds. The maximum absolute atomic E-state index is 12.8. The number of benzene rings is 3. The van der Waals surface area contributed by atoms with Crippen LogP contribution in [0.15, 0.2) is 84.9 Å². The second-order valence-corrected chi connectivity index (χ2v) is 7.54. The van der Waals surface area contributed by atoms with E-state index in [1.165, 1.54) is 0 Å². The lowest BCUT2D eigenvalue weighted by Crippen LogP contribution is -2.38. The van der Waals surface area contributed by atoms with E-state index in [0.29, 0.717) is 29.2 Å². The number of thiol groups is 1. The molecule has 0 heterocycles. The van der Waals surface area contributed by atoms with Crippen molar-refractivity contribution in [2.75, 3.05) is 5.75 Å². The maximum atomic E-state index is 12.8. The summed E-state index contributed by atoms with van der Waals surface area (Å²) >= 11 is 4.31. The number of carbonyl (C=O) groups is 2. The molecule has 0 aliphatic carbocycles. The number of carbonyl (C=O) groups excluding carboxylic acids is 1. The normalized spacial score (nSPS) is 12.5. The Hall–Kier alpha value is -3.25. The van der Waals surface area contributed by atoms with E-state index in [-0.39, 0.29) is 5.91 Å². The number of para-hydroxylation sites is 1. The fraction of sp³-hybridized carbons (Fsp3) is 0.200. The van der Waals surface area contributed by atoms with E-state index in [9.17, 15) is 14.7 Å². The second-order valence-electron chi connectivity index (χ2n) is 7.17. The van der Waals surface area contributed by atoms with Gasteiger partial charge in [-0.2, -0.15) is 12.6 Å². The number of ether oxygens (including phenoxy) is 1. The van der Waals surface area contributed by atoms with Gasteiger partial charge in [0.15, 0.2) is 6.04 Å². The van der Waals surface area contributed by atoms with Gasteiger partial charge in [0.1, 0.15) is 11.5 Å². The van der Waals surface area contributed by atoms with Crippen LogP contribution in [0.3, 0.4) is 0 Å². The Balaban J connectivity index is 1.69. The van der Waals surface area contributed by atoms with Crippen molar-refractivity contribution in [3.05, 3.63) is 96.1 Å². The smallest absolute Gasteiger partial charge is 0.330 e. The Labute approximate surface area is 187 Å². The predicted molar refractivity (Wildman–Crippen MR) is 124 cm³/mol. The highest BCUT2D eigenvalue weighted by Gasteiger charge is 2.26. The molecule has 0 aromatic heterocycles. The first-order valence-corrected chi connectivity index (χ1v) is 10.7. The van der Waals surface area contributed by atoms with E-state index in [1.807, 2.05) is 60.7 Å². The van der Waals surface area contributed by atoms with Crippen LogP contribution in [-0.4, -0.2) is 22.7 Å².